The van der Waals surface area contributed by atoms with Crippen LogP contribution in [0.25, 0.3) is 10.9 Å². The van der Waals surface area contributed by atoms with Crippen LogP contribution in [-0.2, 0) is 11.3 Å². The molecule has 0 unspecified atom stereocenters. The molecule has 0 bridgehead atoms. The fourth-order valence-electron chi connectivity index (χ4n) is 3.32. The van der Waals surface area contributed by atoms with Gasteiger partial charge in [-0.25, -0.2) is 4.98 Å². The van der Waals surface area contributed by atoms with E-state index in [1.165, 1.54) is 24.6 Å². The number of thioether (sulfide) groups is 1. The summed E-state index contributed by atoms with van der Waals surface area (Å²) in [5.74, 6) is 0.815. The predicted molar refractivity (Wildman–Crippen MR) is 107 cm³/mol. The van der Waals surface area contributed by atoms with Crippen LogP contribution in [0.3, 0.4) is 0 Å². The Labute approximate surface area is 158 Å². The van der Waals surface area contributed by atoms with E-state index < -0.39 is 0 Å². The number of fused-ring (bicyclic) bond motifs is 1. The molecule has 1 amide bonds. The Morgan fingerprint density at radius 2 is 1.85 bits per heavy atom. The minimum absolute atomic E-state index is 0.0194. The lowest BCUT2D eigenvalue weighted by atomic mass is 10.2. The molecule has 1 saturated heterocycles. The highest BCUT2D eigenvalue weighted by molar-refractivity contribution is 7.99. The van der Waals surface area contributed by atoms with Gasteiger partial charge in [-0.2, -0.15) is 0 Å². The number of nitrogens with zero attached hydrogens (tertiary/aromatic N) is 3. The van der Waals surface area contributed by atoms with Gasteiger partial charge in [0.15, 0.2) is 5.16 Å². The monoisotopic (exact) mass is 373 g/mol. The van der Waals surface area contributed by atoms with Crippen LogP contribution in [0.15, 0.2) is 34.2 Å². The first kappa shape index (κ1) is 19.0. The maximum Gasteiger partial charge on any atom is 0.262 e. The Hall–Kier alpha value is -1.82. The molecule has 5 nitrogen and oxygen atoms in total. The molecule has 0 saturated carbocycles. The quantitative estimate of drug-likeness (QED) is 0.594. The van der Waals surface area contributed by atoms with Crippen molar-refractivity contribution in [2.45, 2.75) is 51.2 Å². The molecule has 0 radical (unpaired) electrons. The number of carbonyl (C=O) groups excluding carboxylic acids is 1. The van der Waals surface area contributed by atoms with Gasteiger partial charge in [-0.1, -0.05) is 50.6 Å². The van der Waals surface area contributed by atoms with E-state index in [-0.39, 0.29) is 11.5 Å². The third-order valence-electron chi connectivity index (χ3n) is 4.66. The topological polar surface area (TPSA) is 55.2 Å². The van der Waals surface area contributed by atoms with Crippen molar-refractivity contribution in [3.63, 3.8) is 0 Å². The van der Waals surface area contributed by atoms with Crippen LogP contribution in [0.5, 0.6) is 0 Å². The summed E-state index contributed by atoms with van der Waals surface area (Å²) in [6.07, 6.45) is 4.58. The molecule has 0 aliphatic carbocycles. The summed E-state index contributed by atoms with van der Waals surface area (Å²) in [4.78, 5) is 32.1. The van der Waals surface area contributed by atoms with Crippen LogP contribution in [0.1, 0.15) is 39.5 Å². The molecule has 140 valence electrons. The fourth-order valence-corrected chi connectivity index (χ4v) is 4.23. The Morgan fingerprint density at radius 3 is 2.54 bits per heavy atom. The van der Waals surface area contributed by atoms with Crippen LogP contribution in [-0.4, -0.2) is 39.2 Å². The van der Waals surface area contributed by atoms with Crippen LogP contribution in [0.4, 0.5) is 0 Å². The molecule has 1 fully saturated rings. The summed E-state index contributed by atoms with van der Waals surface area (Å²) in [6, 6.07) is 7.43. The van der Waals surface area contributed by atoms with Gasteiger partial charge < -0.3 is 4.90 Å². The maximum absolute atomic E-state index is 12.9. The summed E-state index contributed by atoms with van der Waals surface area (Å²) in [5, 5.41) is 1.28. The molecule has 2 aromatic rings. The van der Waals surface area contributed by atoms with Gasteiger partial charge in [0.1, 0.15) is 0 Å². The van der Waals surface area contributed by atoms with E-state index in [2.05, 4.69) is 18.8 Å². The Morgan fingerprint density at radius 1 is 1.15 bits per heavy atom. The summed E-state index contributed by atoms with van der Waals surface area (Å²) >= 11 is 1.39. The van der Waals surface area contributed by atoms with Crippen molar-refractivity contribution in [2.75, 3.05) is 18.8 Å². The van der Waals surface area contributed by atoms with E-state index in [4.69, 9.17) is 0 Å². The van der Waals surface area contributed by atoms with E-state index in [1.54, 1.807) is 4.57 Å². The molecule has 0 atom stereocenters. The highest BCUT2D eigenvalue weighted by Gasteiger charge is 2.18. The smallest absolute Gasteiger partial charge is 0.262 e. The molecule has 0 N–H and O–H groups in total. The number of benzene rings is 1. The summed E-state index contributed by atoms with van der Waals surface area (Å²) < 4.78 is 1.73. The third kappa shape index (κ3) is 4.47. The number of rotatable bonds is 5. The normalized spacial score (nSPS) is 15.4. The molecule has 1 aliphatic heterocycles. The number of hydrogen-bond acceptors (Lipinski definition) is 4. The summed E-state index contributed by atoms with van der Waals surface area (Å²) in [7, 11) is 0. The van der Waals surface area contributed by atoms with Crippen molar-refractivity contribution in [1.29, 1.82) is 0 Å². The largest absolute Gasteiger partial charge is 0.342 e. The summed E-state index contributed by atoms with van der Waals surface area (Å²) in [6.45, 7) is 6.47. The molecular weight excluding hydrogens is 346 g/mol. The number of likely N-dealkylation sites (tertiary alicyclic amines) is 1. The van der Waals surface area contributed by atoms with E-state index in [9.17, 15) is 9.59 Å². The number of para-hydroxylation sites is 1. The van der Waals surface area contributed by atoms with Crippen LogP contribution in [0.2, 0.25) is 0 Å². The molecule has 0 spiro atoms. The number of carbonyl (C=O) groups is 1. The molecule has 1 aliphatic rings. The van der Waals surface area contributed by atoms with Crippen molar-refractivity contribution in [3.05, 3.63) is 34.6 Å². The standard InChI is InChI=1S/C20H27N3O2S/c1-15(2)13-23-19(25)16-9-5-6-10-17(16)21-20(23)26-14-18(24)22-11-7-3-4-8-12-22/h5-6,9-10,15H,3-4,7-8,11-14H2,1-2H3. The zero-order valence-corrected chi connectivity index (χ0v) is 16.4. The molecule has 26 heavy (non-hydrogen) atoms. The van der Waals surface area contributed by atoms with Gasteiger partial charge in [-0.15, -0.1) is 0 Å². The zero-order valence-electron chi connectivity index (χ0n) is 15.6. The van der Waals surface area contributed by atoms with Crippen molar-refractivity contribution in [3.8, 4) is 0 Å². The van der Waals surface area contributed by atoms with E-state index >= 15 is 0 Å². The van der Waals surface area contributed by atoms with Crippen molar-refractivity contribution in [2.24, 2.45) is 5.92 Å². The van der Waals surface area contributed by atoms with Gasteiger partial charge in [0, 0.05) is 19.6 Å². The van der Waals surface area contributed by atoms with Crippen molar-refractivity contribution >= 4 is 28.6 Å². The van der Waals surface area contributed by atoms with E-state index in [0.29, 0.717) is 34.3 Å². The van der Waals surface area contributed by atoms with Crippen LogP contribution in [0, 0.1) is 5.92 Å². The Bertz CT molecular complexity index is 823. The summed E-state index contributed by atoms with van der Waals surface area (Å²) in [5.41, 5.74) is 0.677. The Balaban J connectivity index is 1.83. The van der Waals surface area contributed by atoms with Gasteiger partial charge in [0.2, 0.25) is 5.91 Å². The van der Waals surface area contributed by atoms with Crippen LogP contribution >= 0.6 is 11.8 Å². The maximum atomic E-state index is 12.9. The molecule has 2 heterocycles. The second-order valence-electron chi connectivity index (χ2n) is 7.30. The zero-order chi connectivity index (χ0) is 18.5. The highest BCUT2D eigenvalue weighted by atomic mass is 32.2. The third-order valence-corrected chi connectivity index (χ3v) is 5.62. The molecular formula is C20H27N3O2S. The molecule has 6 heteroatoms. The molecule has 3 rings (SSSR count). The van der Waals surface area contributed by atoms with E-state index in [1.807, 2.05) is 29.2 Å². The first-order chi connectivity index (χ1) is 12.6. The van der Waals surface area contributed by atoms with Crippen molar-refractivity contribution < 1.29 is 4.79 Å². The lowest BCUT2D eigenvalue weighted by molar-refractivity contribution is -0.128. The number of amides is 1. The average Bonchev–Trinajstić information content (AvgIpc) is 2.91. The van der Waals surface area contributed by atoms with Gasteiger partial charge >= 0.3 is 0 Å². The molecule has 1 aromatic carbocycles. The van der Waals surface area contributed by atoms with Gasteiger partial charge in [-0.05, 0) is 30.9 Å². The number of hydrogen-bond donors (Lipinski definition) is 0. The highest BCUT2D eigenvalue weighted by Crippen LogP contribution is 2.20. The van der Waals surface area contributed by atoms with E-state index in [0.717, 1.165) is 25.9 Å². The Kier molecular flexibility index (Phi) is 6.35. The van der Waals surface area contributed by atoms with Gasteiger partial charge in [-0.3, -0.25) is 14.2 Å². The number of aromatic nitrogens is 2. The minimum atomic E-state index is -0.0194. The lowest BCUT2D eigenvalue weighted by Crippen LogP contribution is -2.33. The lowest BCUT2D eigenvalue weighted by Gasteiger charge is -2.20. The van der Waals surface area contributed by atoms with Gasteiger partial charge in [0.05, 0.1) is 16.7 Å². The average molecular weight is 374 g/mol. The second kappa shape index (κ2) is 8.71. The van der Waals surface area contributed by atoms with Crippen LogP contribution < -0.4 is 5.56 Å². The van der Waals surface area contributed by atoms with Gasteiger partial charge in [0.25, 0.3) is 5.56 Å². The first-order valence-electron chi connectivity index (χ1n) is 9.46. The fraction of sp³-hybridized carbons (Fsp3) is 0.550. The first-order valence-corrected chi connectivity index (χ1v) is 10.4. The second-order valence-corrected chi connectivity index (χ2v) is 8.25. The SMILES string of the molecule is CC(C)Cn1c(SCC(=O)N2CCCCCC2)nc2ccccc2c1=O. The van der Waals surface area contributed by atoms with Crippen molar-refractivity contribution in [1.82, 2.24) is 14.5 Å². The minimum Gasteiger partial charge on any atom is -0.342 e. The molecule has 1 aromatic heterocycles. The predicted octanol–water partition coefficient (Wildman–Crippen LogP) is 3.55.